The van der Waals surface area contributed by atoms with Crippen molar-refractivity contribution in [3.8, 4) is 5.75 Å². The van der Waals surface area contributed by atoms with E-state index >= 15 is 0 Å². The van der Waals surface area contributed by atoms with Crippen LogP contribution >= 0.6 is 0 Å². The number of imide groups is 1. The summed E-state index contributed by atoms with van der Waals surface area (Å²) in [6.07, 6.45) is 0. The number of hydrogen-bond acceptors (Lipinski definition) is 5. The third-order valence-electron chi connectivity index (χ3n) is 2.69. The van der Waals surface area contributed by atoms with E-state index in [4.69, 9.17) is 15.2 Å². The van der Waals surface area contributed by atoms with Crippen LogP contribution in [0.4, 0.5) is 5.69 Å². The van der Waals surface area contributed by atoms with Crippen LogP contribution in [0, 0.1) is 0 Å². The van der Waals surface area contributed by atoms with Gasteiger partial charge in [0.1, 0.15) is 19.0 Å². The summed E-state index contributed by atoms with van der Waals surface area (Å²) in [5.74, 6) is -0.0975. The van der Waals surface area contributed by atoms with Crippen LogP contribution in [0.3, 0.4) is 0 Å². The van der Waals surface area contributed by atoms with Gasteiger partial charge in [0.2, 0.25) is 0 Å². The summed E-state index contributed by atoms with van der Waals surface area (Å²) in [4.78, 5) is 24.3. The summed E-state index contributed by atoms with van der Waals surface area (Å²) >= 11 is 0. The first-order valence-corrected chi connectivity index (χ1v) is 5.45. The highest BCUT2D eigenvalue weighted by Crippen LogP contribution is 2.23. The summed E-state index contributed by atoms with van der Waals surface area (Å²) in [7, 11) is 1.53. The largest absolute Gasteiger partial charge is 0.495 e. The third-order valence-corrected chi connectivity index (χ3v) is 2.69. The monoisotopic (exact) mass is 250 g/mol. The van der Waals surface area contributed by atoms with Gasteiger partial charge in [-0.05, 0) is 17.7 Å². The van der Waals surface area contributed by atoms with E-state index < -0.39 is 0 Å². The fraction of sp³-hybridized carbons (Fsp3) is 0.333. The van der Waals surface area contributed by atoms with Gasteiger partial charge in [-0.2, -0.15) is 0 Å². The van der Waals surface area contributed by atoms with E-state index in [1.165, 1.54) is 12.0 Å². The van der Waals surface area contributed by atoms with Gasteiger partial charge in [0, 0.05) is 0 Å². The second-order valence-corrected chi connectivity index (χ2v) is 3.94. The number of nitrogens with two attached hydrogens (primary N) is 1. The molecule has 0 aliphatic carbocycles. The summed E-state index contributed by atoms with van der Waals surface area (Å²) in [5.41, 5.74) is 7.02. The maximum atomic E-state index is 11.5. The predicted molar refractivity (Wildman–Crippen MR) is 63.8 cm³/mol. The minimum Gasteiger partial charge on any atom is -0.495 e. The number of anilines is 1. The molecule has 1 fully saturated rings. The highest BCUT2D eigenvalue weighted by Gasteiger charge is 2.26. The van der Waals surface area contributed by atoms with Gasteiger partial charge in [-0.15, -0.1) is 0 Å². The average Bonchev–Trinajstić information content (AvgIpc) is 2.34. The van der Waals surface area contributed by atoms with E-state index in [-0.39, 0.29) is 31.6 Å². The number of nitrogen functional groups attached to an aromatic ring is 1. The first-order valence-electron chi connectivity index (χ1n) is 5.45. The van der Waals surface area contributed by atoms with Crippen LogP contribution < -0.4 is 10.5 Å². The molecule has 6 nitrogen and oxygen atoms in total. The summed E-state index contributed by atoms with van der Waals surface area (Å²) in [6.45, 7) is 0.0873. The molecule has 0 radical (unpaired) electrons. The van der Waals surface area contributed by atoms with Gasteiger partial charge in [0.15, 0.2) is 0 Å². The SMILES string of the molecule is COc1ccc(CN2C(=O)COCC2=O)cc1N. The fourth-order valence-corrected chi connectivity index (χ4v) is 1.76. The number of rotatable bonds is 3. The second kappa shape index (κ2) is 5.05. The summed E-state index contributed by atoms with van der Waals surface area (Å²) in [6, 6.07) is 5.17. The zero-order valence-electron chi connectivity index (χ0n) is 10.0. The standard InChI is InChI=1S/C12H14N2O4/c1-17-10-3-2-8(4-9(10)13)5-14-11(15)6-18-7-12(14)16/h2-4H,5-7,13H2,1H3. The highest BCUT2D eigenvalue weighted by molar-refractivity contribution is 5.98. The molecular formula is C12H14N2O4. The smallest absolute Gasteiger partial charge is 0.255 e. The van der Waals surface area contributed by atoms with E-state index in [1.807, 2.05) is 0 Å². The predicted octanol–water partition coefficient (Wildman–Crippen LogP) is 0.163. The number of benzene rings is 1. The van der Waals surface area contributed by atoms with Crippen molar-refractivity contribution >= 4 is 17.5 Å². The number of methoxy groups -OCH3 is 1. The summed E-state index contributed by atoms with van der Waals surface area (Å²) in [5, 5.41) is 0. The molecule has 1 aromatic rings. The Morgan fingerprint density at radius 1 is 1.33 bits per heavy atom. The Morgan fingerprint density at radius 3 is 2.56 bits per heavy atom. The van der Waals surface area contributed by atoms with Gasteiger partial charge in [-0.25, -0.2) is 0 Å². The molecule has 0 saturated carbocycles. The minimum absolute atomic E-state index is 0.0582. The van der Waals surface area contributed by atoms with E-state index in [2.05, 4.69) is 0 Å². The molecule has 2 amide bonds. The van der Waals surface area contributed by atoms with E-state index in [0.29, 0.717) is 11.4 Å². The molecule has 1 heterocycles. The van der Waals surface area contributed by atoms with Gasteiger partial charge < -0.3 is 15.2 Å². The van der Waals surface area contributed by atoms with Gasteiger partial charge >= 0.3 is 0 Å². The van der Waals surface area contributed by atoms with Crippen LogP contribution in [0.1, 0.15) is 5.56 Å². The number of amides is 2. The number of carbonyl (C=O) groups excluding carboxylic acids is 2. The third kappa shape index (κ3) is 2.43. The molecule has 0 unspecified atom stereocenters. The molecule has 1 aliphatic rings. The molecule has 2 N–H and O–H groups in total. The first-order chi connectivity index (χ1) is 8.61. The molecule has 18 heavy (non-hydrogen) atoms. The van der Waals surface area contributed by atoms with Gasteiger partial charge in [0.05, 0.1) is 19.3 Å². The number of ether oxygens (including phenoxy) is 2. The van der Waals surface area contributed by atoms with Crippen LogP contribution in [-0.2, 0) is 20.9 Å². The van der Waals surface area contributed by atoms with Gasteiger partial charge in [-0.1, -0.05) is 6.07 Å². The van der Waals surface area contributed by atoms with Crippen molar-refractivity contribution in [2.24, 2.45) is 0 Å². The van der Waals surface area contributed by atoms with E-state index in [0.717, 1.165) is 5.56 Å². The zero-order chi connectivity index (χ0) is 13.1. The number of carbonyl (C=O) groups is 2. The van der Waals surface area contributed by atoms with Crippen molar-refractivity contribution < 1.29 is 19.1 Å². The Bertz CT molecular complexity index is 471. The van der Waals surface area contributed by atoms with Crippen molar-refractivity contribution in [1.29, 1.82) is 0 Å². The van der Waals surface area contributed by atoms with E-state index in [1.54, 1.807) is 18.2 Å². The Kier molecular flexibility index (Phi) is 3.47. The Balaban J connectivity index is 2.15. The molecule has 2 rings (SSSR count). The number of morpholine rings is 1. The molecule has 6 heteroatoms. The second-order valence-electron chi connectivity index (χ2n) is 3.94. The van der Waals surface area contributed by atoms with Crippen molar-refractivity contribution in [2.45, 2.75) is 6.54 Å². The van der Waals surface area contributed by atoms with Crippen LogP contribution in [0.15, 0.2) is 18.2 Å². The molecule has 0 spiro atoms. The van der Waals surface area contributed by atoms with Gasteiger partial charge in [0.25, 0.3) is 11.8 Å². The minimum atomic E-state index is -0.333. The van der Waals surface area contributed by atoms with Crippen LogP contribution in [0.2, 0.25) is 0 Å². The molecule has 0 atom stereocenters. The molecule has 1 aromatic carbocycles. The lowest BCUT2D eigenvalue weighted by Gasteiger charge is -2.25. The quantitative estimate of drug-likeness (QED) is 0.610. The van der Waals surface area contributed by atoms with Crippen LogP contribution in [0.5, 0.6) is 5.75 Å². The number of nitrogens with zero attached hydrogens (tertiary/aromatic N) is 1. The lowest BCUT2D eigenvalue weighted by atomic mass is 10.1. The molecule has 1 saturated heterocycles. The first kappa shape index (κ1) is 12.4. The Labute approximate surface area is 104 Å². The van der Waals surface area contributed by atoms with E-state index in [9.17, 15) is 9.59 Å². The summed E-state index contributed by atoms with van der Waals surface area (Å²) < 4.78 is 9.88. The lowest BCUT2D eigenvalue weighted by molar-refractivity contribution is -0.159. The van der Waals surface area contributed by atoms with Crippen molar-refractivity contribution in [3.63, 3.8) is 0 Å². The Hall–Kier alpha value is -2.08. The van der Waals surface area contributed by atoms with Crippen LogP contribution in [0.25, 0.3) is 0 Å². The molecule has 1 aliphatic heterocycles. The maximum absolute atomic E-state index is 11.5. The van der Waals surface area contributed by atoms with Crippen molar-refractivity contribution in [2.75, 3.05) is 26.1 Å². The zero-order valence-corrected chi connectivity index (χ0v) is 10.0. The highest BCUT2D eigenvalue weighted by atomic mass is 16.5. The molecule has 0 aromatic heterocycles. The number of hydrogen-bond donors (Lipinski definition) is 1. The average molecular weight is 250 g/mol. The molecule has 0 bridgehead atoms. The van der Waals surface area contributed by atoms with Crippen molar-refractivity contribution in [3.05, 3.63) is 23.8 Å². The molecular weight excluding hydrogens is 236 g/mol. The molecule has 96 valence electrons. The maximum Gasteiger partial charge on any atom is 0.255 e. The Morgan fingerprint density at radius 2 is 2.00 bits per heavy atom. The lowest BCUT2D eigenvalue weighted by Crippen LogP contribution is -2.45. The van der Waals surface area contributed by atoms with Crippen molar-refractivity contribution in [1.82, 2.24) is 4.90 Å². The normalized spacial score (nSPS) is 15.9. The van der Waals surface area contributed by atoms with Crippen LogP contribution in [-0.4, -0.2) is 37.0 Å². The van der Waals surface area contributed by atoms with Gasteiger partial charge in [-0.3, -0.25) is 14.5 Å². The topological polar surface area (TPSA) is 81.9 Å². The fourth-order valence-electron chi connectivity index (χ4n) is 1.76.